The fraction of sp³-hybridized carbons (Fsp3) is 0.211. The van der Waals surface area contributed by atoms with Crippen LogP contribution in [0.5, 0.6) is 5.75 Å². The average molecular weight is 372 g/mol. The molecular formula is C19H17FN2O5. The first-order chi connectivity index (χ1) is 12.9. The van der Waals surface area contributed by atoms with Gasteiger partial charge < -0.3 is 15.2 Å². The molecule has 1 fully saturated rings. The van der Waals surface area contributed by atoms with Gasteiger partial charge in [0.1, 0.15) is 17.7 Å². The van der Waals surface area contributed by atoms with Crippen molar-refractivity contribution >= 4 is 24.0 Å². The van der Waals surface area contributed by atoms with Crippen LogP contribution < -0.4 is 10.2 Å². The van der Waals surface area contributed by atoms with Crippen molar-refractivity contribution in [1.29, 1.82) is 0 Å². The van der Waals surface area contributed by atoms with Crippen molar-refractivity contribution in [3.63, 3.8) is 0 Å². The standard InChI is InChI=1S/C19H17FN2O5/c1-11(24)21-8-15-9-22(19(26)27-15)14-4-5-16(17(20)7-14)12-2-3-13(10-23)18(25)6-12/h2-7,10,15,25H,8-9H2,1H3,(H,21,24)/t15-/m0/s1. The van der Waals surface area contributed by atoms with Gasteiger partial charge in [0.2, 0.25) is 5.91 Å². The molecule has 1 aliphatic heterocycles. The molecule has 0 spiro atoms. The molecule has 2 aromatic carbocycles. The van der Waals surface area contributed by atoms with Crippen LogP contribution in [0.25, 0.3) is 11.1 Å². The summed E-state index contributed by atoms with van der Waals surface area (Å²) in [6.07, 6.45) is -0.628. The van der Waals surface area contributed by atoms with Crippen LogP contribution in [0.3, 0.4) is 0 Å². The quantitative estimate of drug-likeness (QED) is 0.786. The Labute approximate surface area is 154 Å². The maximum absolute atomic E-state index is 14.6. The van der Waals surface area contributed by atoms with E-state index in [2.05, 4.69) is 5.32 Å². The Morgan fingerprint density at radius 1 is 1.37 bits per heavy atom. The lowest BCUT2D eigenvalue weighted by atomic mass is 10.0. The van der Waals surface area contributed by atoms with Gasteiger partial charge in [-0.2, -0.15) is 0 Å². The number of hydrogen-bond donors (Lipinski definition) is 2. The second kappa shape index (κ2) is 7.45. The predicted molar refractivity (Wildman–Crippen MR) is 95.2 cm³/mol. The highest BCUT2D eigenvalue weighted by Gasteiger charge is 2.32. The fourth-order valence-corrected chi connectivity index (χ4v) is 2.81. The number of benzene rings is 2. The molecule has 0 aromatic heterocycles. The van der Waals surface area contributed by atoms with Gasteiger partial charge in [-0.3, -0.25) is 14.5 Å². The second-order valence-corrected chi connectivity index (χ2v) is 6.11. The first-order valence-electron chi connectivity index (χ1n) is 8.19. The van der Waals surface area contributed by atoms with E-state index in [4.69, 9.17) is 4.74 Å². The molecule has 2 N–H and O–H groups in total. The van der Waals surface area contributed by atoms with Gasteiger partial charge in [0, 0.05) is 12.5 Å². The van der Waals surface area contributed by atoms with E-state index in [1.807, 2.05) is 0 Å². The minimum atomic E-state index is -0.620. The molecule has 1 atom stereocenters. The van der Waals surface area contributed by atoms with Crippen molar-refractivity contribution in [1.82, 2.24) is 5.32 Å². The number of cyclic esters (lactones) is 1. The average Bonchev–Trinajstić information content (AvgIpc) is 3.00. The molecule has 0 saturated carbocycles. The highest BCUT2D eigenvalue weighted by Crippen LogP contribution is 2.31. The molecule has 0 radical (unpaired) electrons. The Kier molecular flexibility index (Phi) is 5.07. The largest absolute Gasteiger partial charge is 0.507 e. The summed E-state index contributed by atoms with van der Waals surface area (Å²) >= 11 is 0. The SMILES string of the molecule is CC(=O)NC[C@H]1CN(c2ccc(-c3ccc(C=O)c(O)c3)c(F)c2)C(=O)O1. The zero-order valence-electron chi connectivity index (χ0n) is 14.4. The summed E-state index contributed by atoms with van der Waals surface area (Å²) in [4.78, 5) is 35.0. The van der Waals surface area contributed by atoms with Gasteiger partial charge in [-0.15, -0.1) is 0 Å². The third-order valence-corrected chi connectivity index (χ3v) is 4.19. The molecule has 7 nitrogen and oxygen atoms in total. The Bertz CT molecular complexity index is 915. The highest BCUT2D eigenvalue weighted by atomic mass is 19.1. The number of nitrogens with zero attached hydrogens (tertiary/aromatic N) is 1. The van der Waals surface area contributed by atoms with Gasteiger partial charge in [-0.05, 0) is 35.9 Å². The third-order valence-electron chi connectivity index (χ3n) is 4.19. The molecule has 0 aliphatic carbocycles. The van der Waals surface area contributed by atoms with Crippen LogP contribution in [0, 0.1) is 5.82 Å². The maximum atomic E-state index is 14.6. The summed E-state index contributed by atoms with van der Waals surface area (Å²) in [5, 5.41) is 12.3. The number of carbonyl (C=O) groups is 3. The van der Waals surface area contributed by atoms with Crippen molar-refractivity contribution in [3.8, 4) is 16.9 Å². The molecule has 27 heavy (non-hydrogen) atoms. The third kappa shape index (κ3) is 3.89. The lowest BCUT2D eigenvalue weighted by molar-refractivity contribution is -0.119. The molecule has 8 heteroatoms. The summed E-state index contributed by atoms with van der Waals surface area (Å²) in [7, 11) is 0. The van der Waals surface area contributed by atoms with Gasteiger partial charge in [0.05, 0.1) is 24.3 Å². The molecule has 1 heterocycles. The summed E-state index contributed by atoms with van der Waals surface area (Å²) in [5.41, 5.74) is 1.05. The predicted octanol–water partition coefficient (Wildman–Crippen LogP) is 2.47. The Morgan fingerprint density at radius 2 is 2.15 bits per heavy atom. The molecule has 1 saturated heterocycles. The lowest BCUT2D eigenvalue weighted by Gasteiger charge is -2.14. The minimum absolute atomic E-state index is 0.112. The van der Waals surface area contributed by atoms with Crippen LogP contribution in [0.4, 0.5) is 14.9 Å². The number of hydrogen-bond acceptors (Lipinski definition) is 5. The summed E-state index contributed by atoms with van der Waals surface area (Å²) in [6.45, 7) is 1.73. The van der Waals surface area contributed by atoms with Crippen molar-refractivity contribution < 1.29 is 28.6 Å². The van der Waals surface area contributed by atoms with Crippen LogP contribution in [-0.4, -0.2) is 42.6 Å². The number of anilines is 1. The Balaban J connectivity index is 1.80. The van der Waals surface area contributed by atoms with E-state index >= 15 is 0 Å². The minimum Gasteiger partial charge on any atom is -0.507 e. The van der Waals surface area contributed by atoms with E-state index in [1.54, 1.807) is 6.07 Å². The number of aromatic hydroxyl groups is 1. The number of phenols is 1. The summed E-state index contributed by atoms with van der Waals surface area (Å²) in [6, 6.07) is 8.46. The molecule has 0 unspecified atom stereocenters. The van der Waals surface area contributed by atoms with Gasteiger partial charge in [-0.25, -0.2) is 9.18 Å². The van der Waals surface area contributed by atoms with Gasteiger partial charge in [-0.1, -0.05) is 6.07 Å². The number of carbonyl (C=O) groups excluding carboxylic acids is 3. The maximum Gasteiger partial charge on any atom is 0.414 e. The van der Waals surface area contributed by atoms with E-state index in [9.17, 15) is 23.9 Å². The number of aldehydes is 1. The first-order valence-corrected chi connectivity index (χ1v) is 8.19. The monoisotopic (exact) mass is 372 g/mol. The second-order valence-electron chi connectivity index (χ2n) is 6.11. The molecule has 140 valence electrons. The topological polar surface area (TPSA) is 95.9 Å². The van der Waals surface area contributed by atoms with E-state index in [0.29, 0.717) is 17.5 Å². The fourth-order valence-electron chi connectivity index (χ4n) is 2.81. The number of nitrogens with one attached hydrogen (secondary N) is 1. The summed E-state index contributed by atoms with van der Waals surface area (Å²) < 4.78 is 19.8. The van der Waals surface area contributed by atoms with E-state index in [0.717, 1.165) is 0 Å². The molecule has 0 bridgehead atoms. The van der Waals surface area contributed by atoms with E-state index < -0.39 is 18.0 Å². The summed E-state index contributed by atoms with van der Waals surface area (Å²) in [5.74, 6) is -1.07. The van der Waals surface area contributed by atoms with E-state index in [1.165, 1.54) is 42.2 Å². The van der Waals surface area contributed by atoms with Crippen molar-refractivity contribution in [2.45, 2.75) is 13.0 Å². The van der Waals surface area contributed by atoms with Crippen molar-refractivity contribution in [2.75, 3.05) is 18.0 Å². The van der Waals surface area contributed by atoms with Crippen molar-refractivity contribution in [2.24, 2.45) is 0 Å². The number of halogens is 1. The van der Waals surface area contributed by atoms with E-state index in [-0.39, 0.29) is 35.9 Å². The van der Waals surface area contributed by atoms with Gasteiger partial charge in [0.25, 0.3) is 0 Å². The Morgan fingerprint density at radius 3 is 2.78 bits per heavy atom. The van der Waals surface area contributed by atoms with Crippen molar-refractivity contribution in [3.05, 3.63) is 47.8 Å². The normalized spacial score (nSPS) is 16.1. The number of phenolic OH excluding ortho intramolecular Hbond substituents is 1. The van der Waals surface area contributed by atoms with Crippen LogP contribution >= 0.6 is 0 Å². The zero-order chi connectivity index (χ0) is 19.6. The zero-order valence-corrected chi connectivity index (χ0v) is 14.4. The smallest absolute Gasteiger partial charge is 0.414 e. The van der Waals surface area contributed by atoms with Crippen LogP contribution in [0.15, 0.2) is 36.4 Å². The van der Waals surface area contributed by atoms with Gasteiger partial charge >= 0.3 is 6.09 Å². The number of ether oxygens (including phenoxy) is 1. The number of amides is 2. The van der Waals surface area contributed by atoms with Crippen LogP contribution in [0.1, 0.15) is 17.3 Å². The molecule has 2 amide bonds. The van der Waals surface area contributed by atoms with Gasteiger partial charge in [0.15, 0.2) is 6.29 Å². The number of rotatable bonds is 5. The lowest BCUT2D eigenvalue weighted by Crippen LogP contribution is -2.33. The highest BCUT2D eigenvalue weighted by molar-refractivity contribution is 5.90. The first kappa shape index (κ1) is 18.4. The van der Waals surface area contributed by atoms with Crippen LogP contribution in [0.2, 0.25) is 0 Å². The van der Waals surface area contributed by atoms with Crippen LogP contribution in [-0.2, 0) is 9.53 Å². The molecule has 3 rings (SSSR count). The molecular weight excluding hydrogens is 355 g/mol. The Hall–Kier alpha value is -3.42. The molecule has 2 aromatic rings. The molecule has 1 aliphatic rings.